The highest BCUT2D eigenvalue weighted by Crippen LogP contribution is 2.28. The quantitative estimate of drug-likeness (QED) is 0.631. The van der Waals surface area contributed by atoms with E-state index >= 15 is 0 Å². The molecule has 2 atom stereocenters. The van der Waals surface area contributed by atoms with E-state index in [4.69, 9.17) is 4.74 Å². The normalized spacial score (nSPS) is 23.2. The van der Waals surface area contributed by atoms with Gasteiger partial charge in [-0.05, 0) is 24.7 Å². The summed E-state index contributed by atoms with van der Waals surface area (Å²) in [4.78, 5) is 20.4. The SMILES string of the molecule is CN1CCN(c2ncnc3c2ncn3[C@H]2CN(Cc3ccc(F)cc3)C[C@@H](CO)O2)CC1. The van der Waals surface area contributed by atoms with Gasteiger partial charge in [-0.25, -0.2) is 19.3 Å². The van der Waals surface area contributed by atoms with E-state index in [2.05, 4.69) is 36.7 Å². The molecule has 170 valence electrons. The number of ether oxygens (including phenoxy) is 1. The highest BCUT2D eigenvalue weighted by Gasteiger charge is 2.30. The Balaban J connectivity index is 1.39. The van der Waals surface area contributed by atoms with Crippen LogP contribution in [0.15, 0.2) is 36.9 Å². The standard InChI is InChI=1S/C22H28FN7O2/c1-27-6-8-29(9-7-27)21-20-22(25-14-24-21)30(15-26-20)19-12-28(11-18(13-31)32-19)10-16-2-4-17(23)5-3-16/h2-5,14-15,18-19,31H,6-13H2,1H3/t18-,19+/m0/s1. The van der Waals surface area contributed by atoms with E-state index in [9.17, 15) is 9.50 Å². The Labute approximate surface area is 186 Å². The number of aromatic nitrogens is 4. The zero-order valence-corrected chi connectivity index (χ0v) is 18.1. The van der Waals surface area contributed by atoms with Crippen LogP contribution >= 0.6 is 0 Å². The highest BCUT2D eigenvalue weighted by molar-refractivity contribution is 5.83. The Morgan fingerprint density at radius 2 is 1.84 bits per heavy atom. The minimum atomic E-state index is -0.346. The van der Waals surface area contributed by atoms with E-state index in [-0.39, 0.29) is 24.8 Å². The summed E-state index contributed by atoms with van der Waals surface area (Å²) in [6.07, 6.45) is 2.66. The second-order valence-electron chi connectivity index (χ2n) is 8.53. The van der Waals surface area contributed by atoms with E-state index in [0.29, 0.717) is 19.6 Å². The Morgan fingerprint density at radius 1 is 1.06 bits per heavy atom. The molecule has 2 aromatic heterocycles. The number of rotatable bonds is 5. The van der Waals surface area contributed by atoms with Gasteiger partial charge < -0.3 is 19.6 Å². The summed E-state index contributed by atoms with van der Waals surface area (Å²) in [6, 6.07) is 6.51. The van der Waals surface area contributed by atoms with Crippen LogP contribution < -0.4 is 4.90 Å². The monoisotopic (exact) mass is 441 g/mol. The van der Waals surface area contributed by atoms with Gasteiger partial charge in [-0.15, -0.1) is 0 Å². The topological polar surface area (TPSA) is 82.8 Å². The number of morpholine rings is 1. The molecule has 1 N–H and O–H groups in total. The van der Waals surface area contributed by atoms with Gasteiger partial charge in [0.1, 0.15) is 18.4 Å². The van der Waals surface area contributed by atoms with Crippen LogP contribution in [0.25, 0.3) is 11.2 Å². The fourth-order valence-corrected chi connectivity index (χ4v) is 4.42. The first-order valence-corrected chi connectivity index (χ1v) is 10.9. The molecule has 0 radical (unpaired) electrons. The van der Waals surface area contributed by atoms with Crippen molar-refractivity contribution in [3.05, 3.63) is 48.3 Å². The lowest BCUT2D eigenvalue weighted by Gasteiger charge is -2.38. The third-order valence-electron chi connectivity index (χ3n) is 6.20. The van der Waals surface area contributed by atoms with Crippen LogP contribution in [0.4, 0.5) is 10.2 Å². The van der Waals surface area contributed by atoms with Crippen molar-refractivity contribution < 1.29 is 14.2 Å². The van der Waals surface area contributed by atoms with Crippen LogP contribution in [-0.2, 0) is 11.3 Å². The van der Waals surface area contributed by atoms with Crippen LogP contribution in [0.3, 0.4) is 0 Å². The second kappa shape index (κ2) is 9.07. The van der Waals surface area contributed by atoms with Crippen molar-refractivity contribution in [3.8, 4) is 0 Å². The minimum absolute atomic E-state index is 0.0788. The number of anilines is 1. The molecule has 5 rings (SSSR count). The number of benzene rings is 1. The van der Waals surface area contributed by atoms with Crippen molar-refractivity contribution in [1.29, 1.82) is 0 Å². The summed E-state index contributed by atoms with van der Waals surface area (Å²) in [5.41, 5.74) is 2.50. The van der Waals surface area contributed by atoms with Gasteiger partial charge in [-0.3, -0.25) is 9.47 Å². The molecule has 0 spiro atoms. The summed E-state index contributed by atoms with van der Waals surface area (Å²) >= 11 is 0. The number of nitrogens with zero attached hydrogens (tertiary/aromatic N) is 7. The first-order chi connectivity index (χ1) is 15.6. The lowest BCUT2D eigenvalue weighted by Crippen LogP contribution is -2.46. The minimum Gasteiger partial charge on any atom is -0.394 e. The molecule has 4 heterocycles. The number of imidazole rings is 1. The van der Waals surface area contributed by atoms with Crippen LogP contribution in [0, 0.1) is 5.82 Å². The molecule has 32 heavy (non-hydrogen) atoms. The maximum Gasteiger partial charge on any atom is 0.167 e. The van der Waals surface area contributed by atoms with Gasteiger partial charge in [0, 0.05) is 45.8 Å². The molecule has 2 aliphatic rings. The first-order valence-electron chi connectivity index (χ1n) is 10.9. The number of hydrogen-bond donors (Lipinski definition) is 1. The van der Waals surface area contributed by atoms with Gasteiger partial charge in [-0.2, -0.15) is 0 Å². The van der Waals surface area contributed by atoms with E-state index in [0.717, 1.165) is 48.7 Å². The number of aliphatic hydroxyl groups is 1. The van der Waals surface area contributed by atoms with Crippen molar-refractivity contribution in [2.45, 2.75) is 18.9 Å². The van der Waals surface area contributed by atoms with Crippen molar-refractivity contribution in [3.63, 3.8) is 0 Å². The van der Waals surface area contributed by atoms with Gasteiger partial charge in [0.25, 0.3) is 0 Å². The Kier molecular flexibility index (Phi) is 6.01. The number of piperazine rings is 1. The predicted octanol–water partition coefficient (Wildman–Crippen LogP) is 1.11. The largest absolute Gasteiger partial charge is 0.394 e. The van der Waals surface area contributed by atoms with Gasteiger partial charge in [-0.1, -0.05) is 12.1 Å². The molecule has 0 unspecified atom stereocenters. The molecular weight excluding hydrogens is 413 g/mol. The van der Waals surface area contributed by atoms with Crippen LogP contribution in [0.5, 0.6) is 0 Å². The van der Waals surface area contributed by atoms with Crippen molar-refractivity contribution >= 4 is 17.0 Å². The van der Waals surface area contributed by atoms with E-state index in [1.54, 1.807) is 24.8 Å². The first kappa shape index (κ1) is 21.2. The molecule has 2 fully saturated rings. The van der Waals surface area contributed by atoms with Crippen LogP contribution in [0.2, 0.25) is 0 Å². The molecule has 10 heteroatoms. The van der Waals surface area contributed by atoms with Gasteiger partial charge in [0.15, 0.2) is 17.0 Å². The summed E-state index contributed by atoms with van der Waals surface area (Å²) in [5, 5.41) is 9.81. The molecule has 0 bridgehead atoms. The van der Waals surface area contributed by atoms with Gasteiger partial charge in [0.2, 0.25) is 0 Å². The van der Waals surface area contributed by atoms with Gasteiger partial charge >= 0.3 is 0 Å². The summed E-state index contributed by atoms with van der Waals surface area (Å²) in [6.45, 7) is 5.52. The summed E-state index contributed by atoms with van der Waals surface area (Å²) in [5.74, 6) is 0.599. The summed E-state index contributed by atoms with van der Waals surface area (Å²) in [7, 11) is 2.12. The van der Waals surface area contributed by atoms with E-state index in [1.165, 1.54) is 12.1 Å². The van der Waals surface area contributed by atoms with Crippen LogP contribution in [-0.4, -0.2) is 93.5 Å². The second-order valence-corrected chi connectivity index (χ2v) is 8.53. The molecule has 0 aliphatic carbocycles. The number of aliphatic hydroxyl groups excluding tert-OH is 1. The van der Waals surface area contributed by atoms with Gasteiger partial charge in [0.05, 0.1) is 19.0 Å². The molecule has 2 saturated heterocycles. The third kappa shape index (κ3) is 4.31. The molecule has 0 saturated carbocycles. The molecule has 1 aromatic carbocycles. The Hall–Kier alpha value is -2.66. The van der Waals surface area contributed by atoms with E-state index in [1.807, 2.05) is 4.57 Å². The lowest BCUT2D eigenvalue weighted by molar-refractivity contribution is -0.135. The number of halogens is 1. The Morgan fingerprint density at radius 3 is 2.59 bits per heavy atom. The number of likely N-dealkylation sites (N-methyl/N-ethyl adjacent to an activating group) is 1. The maximum absolute atomic E-state index is 13.3. The fraction of sp³-hybridized carbons (Fsp3) is 0.500. The molecule has 2 aliphatic heterocycles. The number of hydrogen-bond acceptors (Lipinski definition) is 8. The van der Waals surface area contributed by atoms with E-state index < -0.39 is 0 Å². The van der Waals surface area contributed by atoms with Crippen molar-refractivity contribution in [1.82, 2.24) is 29.3 Å². The predicted molar refractivity (Wildman–Crippen MR) is 118 cm³/mol. The lowest BCUT2D eigenvalue weighted by atomic mass is 10.1. The molecule has 0 amide bonds. The smallest absolute Gasteiger partial charge is 0.167 e. The maximum atomic E-state index is 13.3. The fourth-order valence-electron chi connectivity index (χ4n) is 4.42. The zero-order valence-electron chi connectivity index (χ0n) is 18.1. The highest BCUT2D eigenvalue weighted by atomic mass is 19.1. The molecular formula is C22H28FN7O2. The average molecular weight is 442 g/mol. The summed E-state index contributed by atoms with van der Waals surface area (Å²) < 4.78 is 21.4. The Bertz CT molecular complexity index is 1050. The van der Waals surface area contributed by atoms with Crippen molar-refractivity contribution in [2.24, 2.45) is 0 Å². The number of fused-ring (bicyclic) bond motifs is 1. The van der Waals surface area contributed by atoms with Crippen molar-refractivity contribution in [2.75, 3.05) is 57.8 Å². The molecule has 3 aromatic rings. The molecule has 9 nitrogen and oxygen atoms in total. The third-order valence-corrected chi connectivity index (χ3v) is 6.20. The zero-order chi connectivity index (χ0) is 22.1. The average Bonchev–Trinajstić information content (AvgIpc) is 3.25. The van der Waals surface area contributed by atoms with Crippen LogP contribution in [0.1, 0.15) is 11.8 Å².